The molecule has 96 valence electrons. The minimum Gasteiger partial charge on any atom is -0.496 e. The number of halogens is 1. The number of nitrogens with two attached hydrogens (primary N) is 1. The molecule has 2 aromatic rings. The van der Waals surface area contributed by atoms with Gasteiger partial charge in [-0.05, 0) is 35.0 Å². The molecule has 1 atom stereocenters. The van der Waals surface area contributed by atoms with Gasteiger partial charge in [0.2, 0.25) is 0 Å². The van der Waals surface area contributed by atoms with Gasteiger partial charge < -0.3 is 10.5 Å². The van der Waals surface area contributed by atoms with Crippen molar-refractivity contribution in [3.63, 3.8) is 0 Å². The Morgan fingerprint density at radius 3 is 2.78 bits per heavy atom. The predicted octanol–water partition coefficient (Wildman–Crippen LogP) is 4.07. The van der Waals surface area contributed by atoms with Gasteiger partial charge in [-0.3, -0.25) is 0 Å². The maximum Gasteiger partial charge on any atom is 0.123 e. The summed E-state index contributed by atoms with van der Waals surface area (Å²) in [5.74, 6) is 0.865. The van der Waals surface area contributed by atoms with Crippen molar-refractivity contribution in [2.24, 2.45) is 5.73 Å². The van der Waals surface area contributed by atoms with Crippen LogP contribution in [0.3, 0.4) is 0 Å². The molecule has 1 heterocycles. The fourth-order valence-electron chi connectivity index (χ4n) is 1.93. The summed E-state index contributed by atoms with van der Waals surface area (Å²) in [5, 5.41) is 2.08. The van der Waals surface area contributed by atoms with E-state index in [0.29, 0.717) is 0 Å². The molecule has 0 radical (unpaired) electrons. The van der Waals surface area contributed by atoms with Crippen LogP contribution in [0, 0.1) is 6.92 Å². The van der Waals surface area contributed by atoms with Gasteiger partial charge in [0.15, 0.2) is 0 Å². The lowest BCUT2D eigenvalue weighted by atomic mass is 10.0. The highest BCUT2D eigenvalue weighted by Gasteiger charge is 2.13. The Hall–Kier alpha value is -0.840. The smallest absolute Gasteiger partial charge is 0.123 e. The van der Waals surface area contributed by atoms with Gasteiger partial charge in [-0.1, -0.05) is 17.7 Å². The van der Waals surface area contributed by atoms with Gasteiger partial charge in [-0.15, -0.1) is 11.3 Å². The van der Waals surface area contributed by atoms with E-state index in [1.165, 1.54) is 10.4 Å². The fraction of sp³-hybridized carbons (Fsp3) is 0.286. The molecule has 2 nitrogen and oxygen atoms in total. The Balaban J connectivity index is 2.22. The molecular formula is C14H16BrNOS. The molecule has 0 bridgehead atoms. The molecule has 0 spiro atoms. The van der Waals surface area contributed by atoms with E-state index in [1.807, 2.05) is 12.1 Å². The Kier molecular flexibility index (Phi) is 4.43. The van der Waals surface area contributed by atoms with E-state index in [0.717, 1.165) is 22.2 Å². The first kappa shape index (κ1) is 13.6. The van der Waals surface area contributed by atoms with Gasteiger partial charge in [0.1, 0.15) is 5.75 Å². The van der Waals surface area contributed by atoms with Crippen molar-refractivity contribution in [1.82, 2.24) is 0 Å². The summed E-state index contributed by atoms with van der Waals surface area (Å²) in [6, 6.07) is 8.20. The standard InChI is InChI=1S/C14H16BrNOS/c1-9-3-4-14(17-2)12(5-9)13(16)7-11-6-10(15)8-18-11/h3-6,8,13H,7,16H2,1-2H3. The largest absolute Gasteiger partial charge is 0.496 e. The van der Waals surface area contributed by atoms with Crippen LogP contribution in [-0.2, 0) is 6.42 Å². The van der Waals surface area contributed by atoms with Gasteiger partial charge in [0.25, 0.3) is 0 Å². The van der Waals surface area contributed by atoms with Crippen LogP contribution in [0.25, 0.3) is 0 Å². The van der Waals surface area contributed by atoms with E-state index >= 15 is 0 Å². The summed E-state index contributed by atoms with van der Waals surface area (Å²) < 4.78 is 6.50. The van der Waals surface area contributed by atoms with Crippen molar-refractivity contribution in [2.75, 3.05) is 7.11 Å². The maximum absolute atomic E-state index is 6.29. The van der Waals surface area contributed by atoms with Crippen LogP contribution in [0.1, 0.15) is 22.0 Å². The van der Waals surface area contributed by atoms with Crippen LogP contribution >= 0.6 is 27.3 Å². The first-order valence-corrected chi connectivity index (χ1v) is 7.40. The molecule has 1 aromatic heterocycles. The van der Waals surface area contributed by atoms with Crippen molar-refractivity contribution < 1.29 is 4.74 Å². The third-order valence-corrected chi connectivity index (χ3v) is 4.55. The van der Waals surface area contributed by atoms with Crippen LogP contribution in [0.4, 0.5) is 0 Å². The summed E-state index contributed by atoms with van der Waals surface area (Å²) in [7, 11) is 1.68. The van der Waals surface area contributed by atoms with Crippen LogP contribution < -0.4 is 10.5 Å². The summed E-state index contributed by atoms with van der Waals surface area (Å²) >= 11 is 5.19. The summed E-state index contributed by atoms with van der Waals surface area (Å²) in [6.07, 6.45) is 0.829. The van der Waals surface area contributed by atoms with Crippen LogP contribution in [0.2, 0.25) is 0 Å². The highest BCUT2D eigenvalue weighted by atomic mass is 79.9. The lowest BCUT2D eigenvalue weighted by Gasteiger charge is -2.15. The second-order valence-electron chi connectivity index (χ2n) is 4.29. The third kappa shape index (κ3) is 3.13. The molecule has 1 unspecified atom stereocenters. The van der Waals surface area contributed by atoms with Gasteiger partial charge in [0, 0.05) is 32.8 Å². The van der Waals surface area contributed by atoms with Gasteiger partial charge in [-0.2, -0.15) is 0 Å². The Bertz CT molecular complexity index is 538. The van der Waals surface area contributed by atoms with E-state index in [4.69, 9.17) is 10.5 Å². The second-order valence-corrected chi connectivity index (χ2v) is 6.20. The topological polar surface area (TPSA) is 35.2 Å². The fourth-order valence-corrected chi connectivity index (χ4v) is 3.44. The lowest BCUT2D eigenvalue weighted by molar-refractivity contribution is 0.405. The molecule has 2 rings (SSSR count). The molecular weight excluding hydrogens is 310 g/mol. The first-order chi connectivity index (χ1) is 8.60. The quantitative estimate of drug-likeness (QED) is 0.919. The predicted molar refractivity (Wildman–Crippen MR) is 80.4 cm³/mol. The first-order valence-electron chi connectivity index (χ1n) is 5.73. The molecule has 0 saturated carbocycles. The number of hydrogen-bond acceptors (Lipinski definition) is 3. The molecule has 0 aliphatic heterocycles. The molecule has 0 amide bonds. The van der Waals surface area contributed by atoms with Gasteiger partial charge >= 0.3 is 0 Å². The molecule has 0 aliphatic carbocycles. The molecule has 1 aromatic carbocycles. The van der Waals surface area contributed by atoms with E-state index in [9.17, 15) is 0 Å². The highest BCUT2D eigenvalue weighted by molar-refractivity contribution is 9.10. The van der Waals surface area contributed by atoms with Crippen molar-refractivity contribution in [3.05, 3.63) is 50.1 Å². The highest BCUT2D eigenvalue weighted by Crippen LogP contribution is 2.29. The zero-order valence-electron chi connectivity index (χ0n) is 10.4. The van der Waals surface area contributed by atoms with Crippen molar-refractivity contribution in [1.29, 1.82) is 0 Å². The molecule has 4 heteroatoms. The summed E-state index contributed by atoms with van der Waals surface area (Å²) in [6.45, 7) is 2.07. The number of hydrogen-bond donors (Lipinski definition) is 1. The van der Waals surface area contributed by atoms with Gasteiger partial charge in [-0.25, -0.2) is 0 Å². The zero-order valence-corrected chi connectivity index (χ0v) is 12.8. The normalized spacial score (nSPS) is 12.4. The van der Waals surface area contributed by atoms with Crippen LogP contribution in [0.15, 0.2) is 34.1 Å². The van der Waals surface area contributed by atoms with E-state index in [-0.39, 0.29) is 6.04 Å². The molecule has 2 N–H and O–H groups in total. The second kappa shape index (κ2) is 5.87. The summed E-state index contributed by atoms with van der Waals surface area (Å²) in [5.41, 5.74) is 8.57. The number of thiophene rings is 1. The number of rotatable bonds is 4. The molecule has 0 aliphatic rings. The average Bonchev–Trinajstić information content (AvgIpc) is 2.74. The Labute approximate surface area is 120 Å². The molecule has 0 saturated heterocycles. The molecule has 0 fully saturated rings. The summed E-state index contributed by atoms with van der Waals surface area (Å²) in [4.78, 5) is 1.28. The molecule has 18 heavy (non-hydrogen) atoms. The number of aryl methyl sites for hydroxylation is 1. The SMILES string of the molecule is COc1ccc(C)cc1C(N)Cc1cc(Br)cs1. The number of ether oxygens (including phenoxy) is 1. The monoisotopic (exact) mass is 325 g/mol. The third-order valence-electron chi connectivity index (χ3n) is 2.83. The number of methoxy groups -OCH3 is 1. The Morgan fingerprint density at radius 2 is 2.17 bits per heavy atom. The maximum atomic E-state index is 6.29. The van der Waals surface area contributed by atoms with Gasteiger partial charge in [0.05, 0.1) is 7.11 Å². The average molecular weight is 326 g/mol. The van der Waals surface area contributed by atoms with Crippen LogP contribution in [0.5, 0.6) is 5.75 Å². The minimum atomic E-state index is -0.0367. The zero-order chi connectivity index (χ0) is 13.1. The minimum absolute atomic E-state index is 0.0367. The lowest BCUT2D eigenvalue weighted by Crippen LogP contribution is -2.14. The van der Waals surface area contributed by atoms with Crippen molar-refractivity contribution in [3.8, 4) is 5.75 Å². The van der Waals surface area contributed by atoms with E-state index < -0.39 is 0 Å². The van der Waals surface area contributed by atoms with Crippen molar-refractivity contribution in [2.45, 2.75) is 19.4 Å². The number of benzene rings is 1. The van der Waals surface area contributed by atoms with Crippen LogP contribution in [-0.4, -0.2) is 7.11 Å². The Morgan fingerprint density at radius 1 is 1.39 bits per heavy atom. The van der Waals surface area contributed by atoms with E-state index in [1.54, 1.807) is 18.4 Å². The van der Waals surface area contributed by atoms with Crippen molar-refractivity contribution >= 4 is 27.3 Å². The van der Waals surface area contributed by atoms with E-state index in [2.05, 4.69) is 40.4 Å².